The van der Waals surface area contributed by atoms with Gasteiger partial charge in [0.15, 0.2) is 0 Å². The second-order valence-electron chi connectivity index (χ2n) is 40.6. The van der Waals surface area contributed by atoms with Gasteiger partial charge in [0.1, 0.15) is 0 Å². The summed E-state index contributed by atoms with van der Waals surface area (Å²) < 4.78 is 29.7. The maximum Gasteiger partial charge on any atom is 2.00 e. The van der Waals surface area contributed by atoms with Gasteiger partial charge in [0.2, 0.25) is 0 Å². The van der Waals surface area contributed by atoms with Crippen molar-refractivity contribution in [3.63, 3.8) is 0 Å². The summed E-state index contributed by atoms with van der Waals surface area (Å²) in [5, 5.41) is 28.9. The first-order chi connectivity index (χ1) is 62.1. The van der Waals surface area contributed by atoms with Crippen LogP contribution in [0.1, 0.15) is 504 Å². The van der Waals surface area contributed by atoms with Gasteiger partial charge < -0.3 is 69.0 Å². The topological polar surface area (TPSA) is 221 Å². The van der Waals surface area contributed by atoms with Crippen LogP contribution in [0.4, 0.5) is 0 Å². The molecule has 0 spiro atoms. The Hall–Kier alpha value is -1.12. The van der Waals surface area contributed by atoms with E-state index in [0.29, 0.717) is 72.5 Å². The molecular formula is C108H202Mg3N12O6+4. The predicted molar refractivity (Wildman–Crippen MR) is 553 cm³/mol. The quantitative estimate of drug-likeness (QED) is 0.0845. The molecule has 21 heteroatoms. The average molecular weight is 1840 g/mol. The second kappa shape index (κ2) is 83.8. The monoisotopic (exact) mass is 1840 g/mol. The first-order valence-electron chi connectivity index (χ1n) is 55.3. The fraction of sp³-hybridized carbons (Fsp3) is 0.944. The smallest absolute Gasteiger partial charge is 0.466 e. The number of nitrogens with one attached hydrogen (secondary N) is 4. The minimum atomic E-state index is 0. The standard InChI is InChI=1S/6C14H25N2.6C4H8O.3Mg/c6*1-12(15-13-8-4-2-5-9-13)16-14-10-6-3-7-11-14;6*1-2-4-5-3-1;;;/h6*13-14H,2-11H2,1H3;6*1-4H2;;;/q6*-1;;;;;;;3*+2/p+4. The van der Waals surface area contributed by atoms with E-state index in [0.717, 1.165) is 91.0 Å². The van der Waals surface area contributed by atoms with Gasteiger partial charge in [-0.1, -0.05) is 294 Å². The third kappa shape index (κ3) is 66.2. The summed E-state index contributed by atoms with van der Waals surface area (Å²) in [7, 11) is 0. The molecule has 6 aliphatic heterocycles. The fourth-order valence-electron chi connectivity index (χ4n) is 21.3. The molecular weight excluding hydrogens is 1630 g/mol. The first kappa shape index (κ1) is 120. The molecule has 18 nitrogen and oxygen atoms in total. The van der Waals surface area contributed by atoms with Crippen molar-refractivity contribution in [3.05, 3.63) is 31.9 Å². The molecule has 0 radical (unpaired) electrons. The van der Waals surface area contributed by atoms with Gasteiger partial charge in [0.25, 0.3) is 0 Å². The van der Waals surface area contributed by atoms with Crippen molar-refractivity contribution in [3.8, 4) is 0 Å². The Labute approximate surface area is 843 Å². The molecule has 129 heavy (non-hydrogen) atoms. The molecule has 18 aliphatic rings. The van der Waals surface area contributed by atoms with Gasteiger partial charge in [-0.05, 0) is 245 Å². The molecule has 0 amide bonds. The summed E-state index contributed by atoms with van der Waals surface area (Å²) in [6.45, 7) is 24.8. The summed E-state index contributed by atoms with van der Waals surface area (Å²) in [4.78, 5) is 24.0. The van der Waals surface area contributed by atoms with Crippen molar-refractivity contribution in [2.45, 2.75) is 576 Å². The molecule has 0 aromatic carbocycles. The van der Waals surface area contributed by atoms with E-state index >= 15 is 0 Å². The molecule has 0 bridgehead atoms. The van der Waals surface area contributed by atoms with Gasteiger partial charge in [0.05, 0.1) is 47.5 Å². The normalized spacial score (nSPS) is 24.7. The second-order valence-corrected chi connectivity index (χ2v) is 40.6. The Kier molecular flexibility index (Phi) is 78.1. The maximum absolute atomic E-state index is 4.94. The van der Waals surface area contributed by atoms with E-state index < -0.39 is 0 Å². The van der Waals surface area contributed by atoms with Crippen LogP contribution in [0.25, 0.3) is 31.9 Å². The Balaban J connectivity index is 0.000000302. The third-order valence-electron chi connectivity index (χ3n) is 28.6. The van der Waals surface area contributed by atoms with E-state index in [-0.39, 0.29) is 69.2 Å². The maximum atomic E-state index is 4.94. The summed E-state index contributed by atoms with van der Waals surface area (Å²) in [5.41, 5.74) is 0. The van der Waals surface area contributed by atoms with Gasteiger partial charge in [-0.3, -0.25) is 21.3 Å². The molecule has 12 aliphatic carbocycles. The summed E-state index contributed by atoms with van der Waals surface area (Å²) in [6.07, 6.45) is 97.0. The SMILES string of the molecule is C1CCOC1.C1CCOC1.C1CCOC1.C1CCOC1.C1CCOC1.C1CCOC1.CC(=NC1CCCCC1)[N-]C1CCCCC1.CC(=NC1CCCCC1)[N-]C1CCCCC1.CC([N-]C1CCCCC1)=[NH+]C1CCCCC1.CC([N-]C1CCCCC1)=[NH+]C1CCCCC1.CC([N-]C1CCCCC1)=[NH+]C1CCCCC1.CC([N-]C1CCCCC1)=[NH+]C1CCCCC1.[Mg+2].[Mg+2].[Mg+2]. The summed E-state index contributed by atoms with van der Waals surface area (Å²) >= 11 is 0. The molecule has 0 aromatic rings. The molecule has 18 rings (SSSR count). The Bertz CT molecular complexity index is 2170. The minimum absolute atomic E-state index is 0. The van der Waals surface area contributed by atoms with E-state index in [4.69, 9.17) is 70.3 Å². The Morgan fingerprint density at radius 1 is 0.171 bits per heavy atom. The average Bonchev–Trinajstić information content (AvgIpc) is 1.92. The Morgan fingerprint density at radius 2 is 0.302 bits per heavy atom. The van der Waals surface area contributed by atoms with Crippen LogP contribution in [0.5, 0.6) is 0 Å². The van der Waals surface area contributed by atoms with E-state index in [1.54, 1.807) is 0 Å². The van der Waals surface area contributed by atoms with Gasteiger partial charge in [-0.2, -0.15) is 0 Å². The number of nitrogens with zero attached hydrogens (tertiary/aromatic N) is 8. The minimum Gasteiger partial charge on any atom is -0.466 e. The van der Waals surface area contributed by atoms with Crippen LogP contribution in [-0.4, -0.2) is 256 Å². The Morgan fingerprint density at radius 3 is 0.442 bits per heavy atom. The molecule has 732 valence electrons. The number of rotatable bonds is 12. The van der Waals surface area contributed by atoms with Crippen LogP contribution in [0.2, 0.25) is 0 Å². The van der Waals surface area contributed by atoms with Crippen LogP contribution in [0.15, 0.2) is 9.98 Å². The van der Waals surface area contributed by atoms with Crippen LogP contribution in [-0.2, 0) is 28.4 Å². The van der Waals surface area contributed by atoms with Crippen LogP contribution < -0.4 is 20.0 Å². The number of ether oxygens (including phenoxy) is 6. The summed E-state index contributed by atoms with van der Waals surface area (Å²) in [5.74, 6) is 6.91. The van der Waals surface area contributed by atoms with Crippen molar-refractivity contribution < 1.29 is 48.4 Å². The number of hydrogen-bond donors (Lipinski definition) is 4. The van der Waals surface area contributed by atoms with Gasteiger partial charge in [-0.15, -0.1) is 0 Å². The van der Waals surface area contributed by atoms with Gasteiger partial charge in [0, 0.05) is 103 Å². The zero-order chi connectivity index (χ0) is 88.5. The van der Waals surface area contributed by atoms with Crippen molar-refractivity contribution in [2.24, 2.45) is 9.98 Å². The number of hydrogen-bond acceptors (Lipinski definition) is 8. The molecule has 6 saturated heterocycles. The zero-order valence-corrected chi connectivity index (χ0v) is 89.7. The molecule has 0 aromatic heterocycles. The van der Waals surface area contributed by atoms with Crippen LogP contribution in [0, 0.1) is 0 Å². The van der Waals surface area contributed by atoms with E-state index in [1.807, 2.05) is 0 Å². The van der Waals surface area contributed by atoms with Gasteiger partial charge >= 0.3 is 69.2 Å². The largest absolute Gasteiger partial charge is 2.00 e. The summed E-state index contributed by atoms with van der Waals surface area (Å²) in [6, 6.07) is 7.64. The molecule has 18 fully saturated rings. The predicted octanol–water partition coefficient (Wildman–Crippen LogP) is 22.6. The molecule has 6 heterocycles. The third-order valence-corrected chi connectivity index (χ3v) is 28.6. The van der Waals surface area contributed by atoms with E-state index in [9.17, 15) is 0 Å². The van der Waals surface area contributed by atoms with E-state index in [1.165, 1.54) is 486 Å². The number of aliphatic imine (C=N–C) groups is 2. The molecule has 0 unspecified atom stereocenters. The van der Waals surface area contributed by atoms with Crippen LogP contribution in [0.3, 0.4) is 0 Å². The van der Waals surface area contributed by atoms with Gasteiger partial charge in [-0.25, -0.2) is 0 Å². The zero-order valence-electron chi connectivity index (χ0n) is 85.5. The number of amidine groups is 6. The van der Waals surface area contributed by atoms with Crippen LogP contribution >= 0.6 is 0 Å². The van der Waals surface area contributed by atoms with E-state index in [2.05, 4.69) is 61.5 Å². The molecule has 12 saturated carbocycles. The van der Waals surface area contributed by atoms with Crippen molar-refractivity contribution in [2.75, 3.05) is 79.3 Å². The van der Waals surface area contributed by atoms with Crippen molar-refractivity contribution >= 4 is 104 Å². The fourth-order valence-corrected chi connectivity index (χ4v) is 21.3. The van der Waals surface area contributed by atoms with Crippen molar-refractivity contribution in [1.82, 2.24) is 0 Å². The molecule has 4 N–H and O–H groups in total. The first-order valence-corrected chi connectivity index (χ1v) is 55.3. The molecule has 0 atom stereocenters. The van der Waals surface area contributed by atoms with Crippen molar-refractivity contribution in [1.29, 1.82) is 0 Å².